The van der Waals surface area contributed by atoms with Gasteiger partial charge in [-0.1, -0.05) is 31.2 Å². The van der Waals surface area contributed by atoms with Gasteiger partial charge in [0, 0.05) is 23.8 Å². The Morgan fingerprint density at radius 3 is 2.56 bits per heavy atom. The Hall–Kier alpha value is -2.33. The van der Waals surface area contributed by atoms with Crippen molar-refractivity contribution in [3.05, 3.63) is 57.5 Å². The van der Waals surface area contributed by atoms with Gasteiger partial charge in [-0.2, -0.15) is 0 Å². The minimum absolute atomic E-state index is 0.0694. The van der Waals surface area contributed by atoms with E-state index in [0.29, 0.717) is 11.0 Å². The van der Waals surface area contributed by atoms with Gasteiger partial charge in [0.05, 0.1) is 7.14 Å². The van der Waals surface area contributed by atoms with E-state index in [2.05, 4.69) is 46.1 Å². The fraction of sp³-hybridized carbons (Fsp3) is 0.333. The summed E-state index contributed by atoms with van der Waals surface area (Å²) in [7, 11) is -2.00. The van der Waals surface area contributed by atoms with E-state index in [-0.39, 0.29) is 17.4 Å². The van der Waals surface area contributed by atoms with Crippen molar-refractivity contribution in [1.29, 1.82) is 0 Å². The third-order valence-electron chi connectivity index (χ3n) is 4.47. The monoisotopic (exact) mass is 358 g/mol. The molecular weight excluding hydrogens is 335 g/mol. The van der Waals surface area contributed by atoms with Crippen LogP contribution in [0.15, 0.2) is 35.3 Å². The summed E-state index contributed by atoms with van der Waals surface area (Å²) in [6.07, 6.45) is 3.35. The molecule has 7 heteroatoms. The molecule has 2 aromatic heterocycles. The van der Waals surface area contributed by atoms with Crippen molar-refractivity contribution in [1.82, 2.24) is 15.0 Å². The molecule has 25 heavy (non-hydrogen) atoms. The lowest BCUT2D eigenvalue weighted by Crippen LogP contribution is -2.11. The van der Waals surface area contributed by atoms with Crippen LogP contribution in [-0.4, -0.2) is 34.4 Å². The summed E-state index contributed by atoms with van der Waals surface area (Å²) in [6.45, 7) is 5.71. The molecule has 1 unspecified atom stereocenters. The first-order chi connectivity index (χ1) is 11.7. The van der Waals surface area contributed by atoms with Crippen LogP contribution in [0.1, 0.15) is 29.5 Å². The molecule has 2 heterocycles. The molecule has 0 amide bonds. The van der Waals surface area contributed by atoms with Crippen LogP contribution < -0.4 is 11.3 Å². The molecule has 1 atom stereocenters. The fourth-order valence-corrected chi connectivity index (χ4v) is 3.73. The standard InChI is InChI=1S/C18H23N4O2P/c1-11(13-6-4-12(5-7-13)8-9-25(2,3)24)14-10-20-16-15(14)21-18(19)22-17(16)23/h4-7,10-11,20H,8-9H2,1-3H3,(H3,19,21,22,23). The van der Waals surface area contributed by atoms with Crippen molar-refractivity contribution < 1.29 is 4.57 Å². The number of aromatic amines is 2. The number of hydrogen-bond acceptors (Lipinski definition) is 4. The number of benzene rings is 1. The van der Waals surface area contributed by atoms with E-state index >= 15 is 0 Å². The third kappa shape index (κ3) is 3.85. The first kappa shape index (κ1) is 17.5. The van der Waals surface area contributed by atoms with E-state index in [1.807, 2.05) is 19.5 Å². The Balaban J connectivity index is 1.87. The average molecular weight is 358 g/mol. The van der Waals surface area contributed by atoms with Gasteiger partial charge in [0.1, 0.15) is 11.0 Å². The molecule has 0 saturated carbocycles. The first-order valence-corrected chi connectivity index (χ1v) is 11.0. The van der Waals surface area contributed by atoms with E-state index in [9.17, 15) is 9.36 Å². The maximum Gasteiger partial charge on any atom is 0.276 e. The van der Waals surface area contributed by atoms with Crippen LogP contribution in [0.3, 0.4) is 0 Å². The van der Waals surface area contributed by atoms with Crippen LogP contribution in [0.25, 0.3) is 11.0 Å². The lowest BCUT2D eigenvalue weighted by Gasteiger charge is -2.12. The van der Waals surface area contributed by atoms with Crippen LogP contribution >= 0.6 is 7.14 Å². The van der Waals surface area contributed by atoms with Crippen molar-refractivity contribution in [2.75, 3.05) is 25.2 Å². The molecule has 0 aliphatic rings. The Morgan fingerprint density at radius 1 is 1.24 bits per heavy atom. The predicted octanol–water partition coefficient (Wildman–Crippen LogP) is 3.15. The zero-order valence-corrected chi connectivity index (χ0v) is 15.6. The Kier molecular flexibility index (Phi) is 4.56. The van der Waals surface area contributed by atoms with Gasteiger partial charge in [-0.15, -0.1) is 0 Å². The number of rotatable bonds is 5. The second-order valence-electron chi connectivity index (χ2n) is 6.93. The van der Waals surface area contributed by atoms with E-state index in [1.165, 1.54) is 5.56 Å². The smallest absolute Gasteiger partial charge is 0.276 e. The molecule has 3 aromatic rings. The molecular formula is C18H23N4O2P. The quantitative estimate of drug-likeness (QED) is 0.609. The molecule has 0 fully saturated rings. The minimum Gasteiger partial charge on any atom is -0.369 e. The van der Waals surface area contributed by atoms with Gasteiger partial charge < -0.3 is 15.3 Å². The molecule has 0 aliphatic carbocycles. The van der Waals surface area contributed by atoms with E-state index in [1.54, 1.807) is 0 Å². The molecule has 0 spiro atoms. The van der Waals surface area contributed by atoms with Crippen LogP contribution in [0, 0.1) is 0 Å². The van der Waals surface area contributed by atoms with E-state index < -0.39 is 7.14 Å². The summed E-state index contributed by atoms with van der Waals surface area (Å²) < 4.78 is 11.8. The first-order valence-electron chi connectivity index (χ1n) is 8.24. The number of H-pyrrole nitrogens is 2. The van der Waals surface area contributed by atoms with Crippen LogP contribution in [0.2, 0.25) is 0 Å². The minimum atomic E-state index is -2.00. The molecule has 0 aliphatic heterocycles. The normalized spacial score (nSPS) is 13.2. The number of nitrogen functional groups attached to an aromatic ring is 1. The number of nitrogens with two attached hydrogens (primary N) is 1. The highest BCUT2D eigenvalue weighted by molar-refractivity contribution is 7.62. The number of fused-ring (bicyclic) bond motifs is 1. The second-order valence-corrected chi connectivity index (χ2v) is 10.5. The zero-order valence-electron chi connectivity index (χ0n) is 14.7. The zero-order chi connectivity index (χ0) is 18.2. The lowest BCUT2D eigenvalue weighted by atomic mass is 9.93. The van der Waals surface area contributed by atoms with Gasteiger partial charge in [-0.05, 0) is 30.9 Å². The number of nitrogens with zero attached hydrogens (tertiary/aromatic N) is 1. The van der Waals surface area contributed by atoms with Gasteiger partial charge in [0.15, 0.2) is 0 Å². The lowest BCUT2D eigenvalue weighted by molar-refractivity contribution is 0.582. The average Bonchev–Trinajstić information content (AvgIpc) is 2.96. The molecule has 4 N–H and O–H groups in total. The van der Waals surface area contributed by atoms with Crippen molar-refractivity contribution in [2.24, 2.45) is 0 Å². The summed E-state index contributed by atoms with van der Waals surface area (Å²) in [5.74, 6) is 0.185. The summed E-state index contributed by atoms with van der Waals surface area (Å²) in [5, 5.41) is 0. The second kappa shape index (κ2) is 6.52. The van der Waals surface area contributed by atoms with Crippen LogP contribution in [-0.2, 0) is 11.0 Å². The van der Waals surface area contributed by atoms with Crippen molar-refractivity contribution in [3.63, 3.8) is 0 Å². The summed E-state index contributed by atoms with van der Waals surface area (Å²) in [4.78, 5) is 21.7. The molecule has 0 saturated heterocycles. The number of aryl methyl sites for hydroxylation is 1. The largest absolute Gasteiger partial charge is 0.369 e. The van der Waals surface area contributed by atoms with Crippen LogP contribution in [0.5, 0.6) is 0 Å². The highest BCUT2D eigenvalue weighted by Gasteiger charge is 2.17. The highest BCUT2D eigenvalue weighted by Crippen LogP contribution is 2.36. The van der Waals surface area contributed by atoms with Crippen molar-refractivity contribution >= 4 is 24.1 Å². The summed E-state index contributed by atoms with van der Waals surface area (Å²) >= 11 is 0. The predicted molar refractivity (Wildman–Crippen MR) is 103 cm³/mol. The fourth-order valence-electron chi connectivity index (χ4n) is 2.93. The Morgan fingerprint density at radius 2 is 1.92 bits per heavy atom. The molecule has 0 radical (unpaired) electrons. The maximum absolute atomic E-state index is 11.9. The molecule has 6 nitrogen and oxygen atoms in total. The number of aromatic nitrogens is 3. The summed E-state index contributed by atoms with van der Waals surface area (Å²) in [5.41, 5.74) is 9.70. The van der Waals surface area contributed by atoms with E-state index in [0.717, 1.165) is 23.7 Å². The molecule has 132 valence electrons. The SMILES string of the molecule is CC(c1ccc(CCP(C)(C)=O)cc1)c1c[nH]c2c(=O)[nH]c(N)nc12. The molecule has 0 bridgehead atoms. The topological polar surface area (TPSA) is 105 Å². The Bertz CT molecular complexity index is 998. The van der Waals surface area contributed by atoms with E-state index in [4.69, 9.17) is 5.73 Å². The number of hydrogen-bond donors (Lipinski definition) is 3. The maximum atomic E-state index is 11.9. The summed E-state index contributed by atoms with van der Waals surface area (Å²) in [6, 6.07) is 8.30. The third-order valence-corrected chi connectivity index (χ3v) is 5.77. The molecule has 1 aromatic carbocycles. The Labute approximate surface area is 146 Å². The van der Waals surface area contributed by atoms with Gasteiger partial charge in [-0.3, -0.25) is 9.78 Å². The number of nitrogens with one attached hydrogen (secondary N) is 2. The van der Waals surface area contributed by atoms with Gasteiger partial charge in [0.2, 0.25) is 5.95 Å². The van der Waals surface area contributed by atoms with Gasteiger partial charge in [-0.25, -0.2) is 4.98 Å². The van der Waals surface area contributed by atoms with Gasteiger partial charge in [0.25, 0.3) is 5.56 Å². The van der Waals surface area contributed by atoms with Crippen molar-refractivity contribution in [3.8, 4) is 0 Å². The van der Waals surface area contributed by atoms with Gasteiger partial charge >= 0.3 is 0 Å². The van der Waals surface area contributed by atoms with Crippen molar-refractivity contribution in [2.45, 2.75) is 19.3 Å². The highest BCUT2D eigenvalue weighted by atomic mass is 31.2. The number of anilines is 1. The van der Waals surface area contributed by atoms with Crippen LogP contribution in [0.4, 0.5) is 5.95 Å². The molecule has 3 rings (SSSR count).